The molecule has 90 valence electrons. The molecule has 0 bridgehead atoms. The summed E-state index contributed by atoms with van der Waals surface area (Å²) in [5.74, 6) is 2.23. The first-order chi connectivity index (χ1) is 7.54. The van der Waals surface area contributed by atoms with Crippen LogP contribution in [0.4, 0.5) is 0 Å². The third kappa shape index (κ3) is 4.08. The van der Waals surface area contributed by atoms with Gasteiger partial charge in [-0.25, -0.2) is 0 Å². The van der Waals surface area contributed by atoms with E-state index in [1.54, 1.807) is 0 Å². The molecule has 1 aromatic rings. The Morgan fingerprint density at radius 1 is 1.00 bits per heavy atom. The van der Waals surface area contributed by atoms with Crippen LogP contribution < -0.4 is 0 Å². The van der Waals surface area contributed by atoms with E-state index < -0.39 is 0 Å². The second kappa shape index (κ2) is 6.63. The first kappa shape index (κ1) is 14.0. The summed E-state index contributed by atoms with van der Waals surface area (Å²) in [7, 11) is 0. The van der Waals surface area contributed by atoms with E-state index in [9.17, 15) is 0 Å². The van der Waals surface area contributed by atoms with Crippen LogP contribution in [0.3, 0.4) is 0 Å². The van der Waals surface area contributed by atoms with Crippen molar-refractivity contribution >= 4 is 22.6 Å². The van der Waals surface area contributed by atoms with Crippen LogP contribution >= 0.6 is 22.6 Å². The third-order valence-corrected chi connectivity index (χ3v) is 4.42. The molecule has 0 nitrogen and oxygen atoms in total. The molecule has 0 spiro atoms. The highest BCUT2D eigenvalue weighted by atomic mass is 127. The minimum absolute atomic E-state index is 0.638. The Morgan fingerprint density at radius 2 is 1.56 bits per heavy atom. The molecule has 0 aliphatic rings. The predicted molar refractivity (Wildman–Crippen MR) is 81.5 cm³/mol. The molecule has 1 unspecified atom stereocenters. The first-order valence-electron chi connectivity index (χ1n) is 6.19. The molecule has 0 amide bonds. The van der Waals surface area contributed by atoms with Crippen molar-refractivity contribution in [1.82, 2.24) is 0 Å². The number of hydrogen-bond donors (Lipinski definition) is 0. The summed E-state index contributed by atoms with van der Waals surface area (Å²) in [5, 5.41) is 0. The number of rotatable bonds is 5. The number of hydrogen-bond acceptors (Lipinski definition) is 0. The van der Waals surface area contributed by atoms with Gasteiger partial charge < -0.3 is 0 Å². The third-order valence-electron chi connectivity index (χ3n) is 3.29. The molecule has 0 saturated heterocycles. The lowest BCUT2D eigenvalue weighted by molar-refractivity contribution is 0.430. The lowest BCUT2D eigenvalue weighted by Crippen LogP contribution is -2.13. The predicted octanol–water partition coefficient (Wildman–Crippen LogP) is 5.06. The highest BCUT2D eigenvalue weighted by Crippen LogP contribution is 2.21. The van der Waals surface area contributed by atoms with Crippen LogP contribution in [0.25, 0.3) is 0 Å². The van der Waals surface area contributed by atoms with E-state index in [-0.39, 0.29) is 0 Å². The fourth-order valence-corrected chi connectivity index (χ4v) is 3.14. The summed E-state index contributed by atoms with van der Waals surface area (Å²) in [6.07, 6.45) is 1.22. The Labute approximate surface area is 114 Å². The highest BCUT2D eigenvalue weighted by molar-refractivity contribution is 14.1. The zero-order valence-electron chi connectivity index (χ0n) is 10.8. The molecule has 1 atom stereocenters. The normalized spacial score (nSPS) is 13.4. The minimum atomic E-state index is 0.638. The SMILES string of the molecule is CC(C)c1ccc(CC(CI)C(C)C)cc1. The van der Waals surface area contributed by atoms with Crippen LogP contribution in [0.2, 0.25) is 0 Å². The molecular formula is C15H23I. The first-order valence-corrected chi connectivity index (χ1v) is 7.72. The summed E-state index contributed by atoms with van der Waals surface area (Å²) in [5.41, 5.74) is 2.93. The minimum Gasteiger partial charge on any atom is -0.0861 e. The van der Waals surface area contributed by atoms with E-state index in [1.807, 2.05) is 0 Å². The zero-order valence-corrected chi connectivity index (χ0v) is 13.0. The Morgan fingerprint density at radius 3 is 1.94 bits per heavy atom. The van der Waals surface area contributed by atoms with Gasteiger partial charge in [-0.3, -0.25) is 0 Å². The molecule has 0 aliphatic heterocycles. The highest BCUT2D eigenvalue weighted by Gasteiger charge is 2.12. The van der Waals surface area contributed by atoms with Crippen molar-refractivity contribution in [2.24, 2.45) is 11.8 Å². The summed E-state index contributed by atoms with van der Waals surface area (Å²) in [6.45, 7) is 9.14. The van der Waals surface area contributed by atoms with Crippen molar-refractivity contribution in [2.45, 2.75) is 40.0 Å². The fourth-order valence-electron chi connectivity index (χ4n) is 1.81. The van der Waals surface area contributed by atoms with Crippen molar-refractivity contribution in [3.8, 4) is 0 Å². The lowest BCUT2D eigenvalue weighted by Gasteiger charge is -2.18. The maximum atomic E-state index is 2.51. The van der Waals surface area contributed by atoms with Crippen molar-refractivity contribution in [3.05, 3.63) is 35.4 Å². The van der Waals surface area contributed by atoms with Crippen LogP contribution in [0.5, 0.6) is 0 Å². The van der Waals surface area contributed by atoms with Gasteiger partial charge in [0.05, 0.1) is 0 Å². The van der Waals surface area contributed by atoms with E-state index in [2.05, 4.69) is 74.6 Å². The van der Waals surface area contributed by atoms with E-state index in [0.29, 0.717) is 5.92 Å². The van der Waals surface area contributed by atoms with Gasteiger partial charge in [0.1, 0.15) is 0 Å². The van der Waals surface area contributed by atoms with Crippen LogP contribution in [-0.4, -0.2) is 4.43 Å². The van der Waals surface area contributed by atoms with Gasteiger partial charge >= 0.3 is 0 Å². The quantitative estimate of drug-likeness (QED) is 0.523. The van der Waals surface area contributed by atoms with Gasteiger partial charge in [-0.1, -0.05) is 74.6 Å². The van der Waals surface area contributed by atoms with Crippen molar-refractivity contribution in [2.75, 3.05) is 4.43 Å². The molecule has 0 saturated carbocycles. The van der Waals surface area contributed by atoms with E-state index in [1.165, 1.54) is 22.0 Å². The monoisotopic (exact) mass is 330 g/mol. The van der Waals surface area contributed by atoms with Crippen molar-refractivity contribution in [1.29, 1.82) is 0 Å². The van der Waals surface area contributed by atoms with Gasteiger partial charge in [-0.05, 0) is 35.3 Å². The lowest BCUT2D eigenvalue weighted by atomic mass is 9.90. The van der Waals surface area contributed by atoms with Gasteiger partial charge in [0.2, 0.25) is 0 Å². The number of benzene rings is 1. The van der Waals surface area contributed by atoms with Crippen molar-refractivity contribution < 1.29 is 0 Å². The topological polar surface area (TPSA) is 0 Å². The Balaban J connectivity index is 2.67. The molecule has 0 aliphatic carbocycles. The van der Waals surface area contributed by atoms with Gasteiger partial charge in [-0.15, -0.1) is 0 Å². The number of halogens is 1. The molecule has 0 fully saturated rings. The second-order valence-electron chi connectivity index (χ2n) is 5.26. The average molecular weight is 330 g/mol. The van der Waals surface area contributed by atoms with Gasteiger partial charge in [-0.2, -0.15) is 0 Å². The molecule has 16 heavy (non-hydrogen) atoms. The molecule has 0 heterocycles. The standard InChI is InChI=1S/C15H23I/c1-11(2)14-7-5-13(6-8-14)9-15(10-16)12(3)4/h5-8,11-12,15H,9-10H2,1-4H3. The molecule has 0 aromatic heterocycles. The molecule has 1 rings (SSSR count). The summed E-state index contributed by atoms with van der Waals surface area (Å²) in [6, 6.07) is 9.17. The van der Waals surface area contributed by atoms with Gasteiger partial charge in [0, 0.05) is 4.43 Å². The second-order valence-corrected chi connectivity index (χ2v) is 6.14. The molecule has 1 heteroatoms. The maximum absolute atomic E-state index is 2.51. The van der Waals surface area contributed by atoms with Crippen LogP contribution in [0.1, 0.15) is 44.7 Å². The van der Waals surface area contributed by atoms with Crippen molar-refractivity contribution in [3.63, 3.8) is 0 Å². The molecule has 1 aromatic carbocycles. The molecule has 0 N–H and O–H groups in total. The summed E-state index contributed by atoms with van der Waals surface area (Å²) >= 11 is 2.51. The Bertz CT molecular complexity index is 298. The van der Waals surface area contributed by atoms with Gasteiger partial charge in [0.15, 0.2) is 0 Å². The maximum Gasteiger partial charge on any atom is 0.00293 e. The van der Waals surface area contributed by atoms with Crippen LogP contribution in [-0.2, 0) is 6.42 Å². The van der Waals surface area contributed by atoms with Crippen LogP contribution in [0, 0.1) is 11.8 Å². The molecular weight excluding hydrogens is 307 g/mol. The largest absolute Gasteiger partial charge is 0.0861 e. The van der Waals surface area contributed by atoms with E-state index in [4.69, 9.17) is 0 Å². The zero-order chi connectivity index (χ0) is 12.1. The average Bonchev–Trinajstić information content (AvgIpc) is 2.26. The van der Waals surface area contributed by atoms with Gasteiger partial charge in [0.25, 0.3) is 0 Å². The Kier molecular flexibility index (Phi) is 5.81. The van der Waals surface area contributed by atoms with E-state index >= 15 is 0 Å². The summed E-state index contributed by atoms with van der Waals surface area (Å²) in [4.78, 5) is 0. The van der Waals surface area contributed by atoms with E-state index in [0.717, 1.165) is 11.8 Å². The smallest absolute Gasteiger partial charge is 0.00293 e. The van der Waals surface area contributed by atoms with Crippen LogP contribution in [0.15, 0.2) is 24.3 Å². The summed E-state index contributed by atoms with van der Waals surface area (Å²) < 4.78 is 1.25. The Hall–Kier alpha value is -0.0500. The fraction of sp³-hybridized carbons (Fsp3) is 0.600. The molecule has 0 radical (unpaired) electrons. The number of alkyl halides is 1.